The quantitative estimate of drug-likeness (QED) is 0.714. The molecular formula is C21H23N5O. The summed E-state index contributed by atoms with van der Waals surface area (Å²) < 4.78 is 5.81. The minimum atomic E-state index is 0.502. The SMILES string of the molecule is CC1CCCN(c2cnnc(Nc3ccc(Oc4ccccc4)cc3)n2)C1. The standard InChI is InChI=1S/C21H23N5O/c1-16-6-5-13-26(15-16)20-14-22-25-21(24-20)23-17-9-11-19(12-10-17)27-18-7-3-2-4-8-18/h2-4,7-12,14,16H,5-6,13,15H2,1H3,(H,23,24,25). The topological polar surface area (TPSA) is 63.2 Å². The lowest BCUT2D eigenvalue weighted by atomic mass is 10.0. The maximum Gasteiger partial charge on any atom is 0.249 e. The summed E-state index contributed by atoms with van der Waals surface area (Å²) in [6.07, 6.45) is 4.20. The molecule has 0 bridgehead atoms. The Balaban J connectivity index is 1.42. The Morgan fingerprint density at radius 2 is 1.81 bits per heavy atom. The second-order valence-electron chi connectivity index (χ2n) is 6.90. The molecule has 1 N–H and O–H groups in total. The van der Waals surface area contributed by atoms with Crippen molar-refractivity contribution in [3.63, 3.8) is 0 Å². The van der Waals surface area contributed by atoms with Crippen molar-refractivity contribution in [3.05, 3.63) is 60.8 Å². The molecule has 1 saturated heterocycles. The number of nitrogens with zero attached hydrogens (tertiary/aromatic N) is 4. The molecule has 1 atom stereocenters. The van der Waals surface area contributed by atoms with Gasteiger partial charge in [0, 0.05) is 18.8 Å². The molecule has 1 unspecified atom stereocenters. The van der Waals surface area contributed by atoms with Crippen LogP contribution in [0.15, 0.2) is 60.8 Å². The van der Waals surface area contributed by atoms with E-state index in [0.29, 0.717) is 11.9 Å². The highest BCUT2D eigenvalue weighted by Crippen LogP contribution is 2.25. The van der Waals surface area contributed by atoms with Crippen LogP contribution in [0.2, 0.25) is 0 Å². The van der Waals surface area contributed by atoms with Gasteiger partial charge in [0.25, 0.3) is 0 Å². The summed E-state index contributed by atoms with van der Waals surface area (Å²) in [6, 6.07) is 17.4. The lowest BCUT2D eigenvalue weighted by Gasteiger charge is -2.31. The number of para-hydroxylation sites is 1. The highest BCUT2D eigenvalue weighted by molar-refractivity contribution is 5.56. The van der Waals surface area contributed by atoms with E-state index < -0.39 is 0 Å². The minimum absolute atomic E-state index is 0.502. The zero-order valence-corrected chi connectivity index (χ0v) is 15.4. The lowest BCUT2D eigenvalue weighted by molar-refractivity contribution is 0.444. The maximum absolute atomic E-state index is 5.81. The summed E-state index contributed by atoms with van der Waals surface area (Å²) >= 11 is 0. The molecule has 0 amide bonds. The Bertz CT molecular complexity index is 869. The van der Waals surface area contributed by atoms with Gasteiger partial charge in [0.1, 0.15) is 11.5 Å². The number of benzene rings is 2. The molecule has 2 heterocycles. The van der Waals surface area contributed by atoms with Crippen LogP contribution in [0.25, 0.3) is 0 Å². The third-order valence-corrected chi connectivity index (χ3v) is 4.62. The molecule has 2 aromatic carbocycles. The van der Waals surface area contributed by atoms with Gasteiger partial charge in [-0.2, -0.15) is 10.1 Å². The second-order valence-corrected chi connectivity index (χ2v) is 6.90. The van der Waals surface area contributed by atoms with Crippen LogP contribution in [0, 0.1) is 5.92 Å². The first kappa shape index (κ1) is 17.3. The van der Waals surface area contributed by atoms with Crippen molar-refractivity contribution in [3.8, 4) is 11.5 Å². The Kier molecular flexibility index (Phi) is 5.14. The smallest absolute Gasteiger partial charge is 0.249 e. The van der Waals surface area contributed by atoms with Crippen molar-refractivity contribution >= 4 is 17.5 Å². The summed E-state index contributed by atoms with van der Waals surface area (Å²) in [4.78, 5) is 6.91. The van der Waals surface area contributed by atoms with Crippen LogP contribution in [0.3, 0.4) is 0 Å². The van der Waals surface area contributed by atoms with Crippen molar-refractivity contribution in [1.82, 2.24) is 15.2 Å². The minimum Gasteiger partial charge on any atom is -0.457 e. The van der Waals surface area contributed by atoms with Crippen molar-refractivity contribution in [2.24, 2.45) is 5.92 Å². The van der Waals surface area contributed by atoms with Crippen molar-refractivity contribution in [2.75, 3.05) is 23.3 Å². The fourth-order valence-electron chi connectivity index (χ4n) is 3.26. The van der Waals surface area contributed by atoms with Crippen molar-refractivity contribution in [2.45, 2.75) is 19.8 Å². The summed E-state index contributed by atoms with van der Waals surface area (Å²) in [6.45, 7) is 4.32. The van der Waals surface area contributed by atoms with E-state index in [-0.39, 0.29) is 0 Å². The molecule has 1 aliphatic heterocycles. The molecule has 0 spiro atoms. The monoisotopic (exact) mass is 361 g/mol. The average Bonchev–Trinajstić information content (AvgIpc) is 2.71. The molecule has 1 fully saturated rings. The van der Waals surface area contributed by atoms with E-state index in [4.69, 9.17) is 4.74 Å². The van der Waals surface area contributed by atoms with E-state index in [1.54, 1.807) is 6.20 Å². The van der Waals surface area contributed by atoms with Gasteiger partial charge in [-0.3, -0.25) is 0 Å². The van der Waals surface area contributed by atoms with E-state index in [9.17, 15) is 0 Å². The van der Waals surface area contributed by atoms with Gasteiger partial charge in [0.2, 0.25) is 5.95 Å². The number of hydrogen-bond acceptors (Lipinski definition) is 6. The molecule has 27 heavy (non-hydrogen) atoms. The van der Waals surface area contributed by atoms with Gasteiger partial charge in [-0.1, -0.05) is 25.1 Å². The number of hydrogen-bond donors (Lipinski definition) is 1. The van der Waals surface area contributed by atoms with Crippen LogP contribution in [-0.2, 0) is 0 Å². The highest BCUT2D eigenvalue weighted by Gasteiger charge is 2.18. The first-order valence-corrected chi connectivity index (χ1v) is 9.31. The summed E-state index contributed by atoms with van der Waals surface area (Å²) in [5.74, 6) is 3.66. The third kappa shape index (κ3) is 4.53. The fourth-order valence-corrected chi connectivity index (χ4v) is 3.26. The predicted octanol–water partition coefficient (Wildman–Crippen LogP) is 4.64. The van der Waals surface area contributed by atoms with Crippen molar-refractivity contribution in [1.29, 1.82) is 0 Å². The number of anilines is 3. The summed E-state index contributed by atoms with van der Waals surface area (Å²) in [5, 5.41) is 11.4. The van der Waals surface area contributed by atoms with Gasteiger partial charge in [-0.05, 0) is 55.2 Å². The van der Waals surface area contributed by atoms with E-state index in [2.05, 4.69) is 32.3 Å². The molecule has 3 aromatic rings. The Morgan fingerprint density at radius 3 is 2.59 bits per heavy atom. The third-order valence-electron chi connectivity index (χ3n) is 4.62. The predicted molar refractivity (Wildman–Crippen MR) is 107 cm³/mol. The van der Waals surface area contributed by atoms with Gasteiger partial charge >= 0.3 is 0 Å². The molecule has 4 rings (SSSR count). The fraction of sp³-hybridized carbons (Fsp3) is 0.286. The zero-order chi connectivity index (χ0) is 18.5. The van der Waals surface area contributed by atoms with Gasteiger partial charge < -0.3 is 15.0 Å². The number of nitrogens with one attached hydrogen (secondary N) is 1. The molecular weight excluding hydrogens is 338 g/mol. The lowest BCUT2D eigenvalue weighted by Crippen LogP contribution is -2.35. The van der Waals surface area contributed by atoms with Crippen LogP contribution < -0.4 is 15.0 Å². The van der Waals surface area contributed by atoms with E-state index >= 15 is 0 Å². The molecule has 0 aliphatic carbocycles. The summed E-state index contributed by atoms with van der Waals surface area (Å²) in [7, 11) is 0. The summed E-state index contributed by atoms with van der Waals surface area (Å²) in [5.41, 5.74) is 0.890. The van der Waals surface area contributed by atoms with Gasteiger partial charge in [0.15, 0.2) is 5.82 Å². The van der Waals surface area contributed by atoms with Crippen LogP contribution in [0.5, 0.6) is 11.5 Å². The number of aromatic nitrogens is 3. The van der Waals surface area contributed by atoms with E-state index in [0.717, 1.165) is 36.1 Å². The van der Waals surface area contributed by atoms with E-state index in [1.807, 2.05) is 54.6 Å². The number of piperidine rings is 1. The molecule has 138 valence electrons. The largest absolute Gasteiger partial charge is 0.457 e. The van der Waals surface area contributed by atoms with Crippen molar-refractivity contribution < 1.29 is 4.74 Å². The van der Waals surface area contributed by atoms with Gasteiger partial charge in [-0.15, -0.1) is 5.10 Å². The first-order chi connectivity index (χ1) is 13.3. The van der Waals surface area contributed by atoms with Gasteiger partial charge in [-0.25, -0.2) is 0 Å². The maximum atomic E-state index is 5.81. The average molecular weight is 361 g/mol. The first-order valence-electron chi connectivity index (χ1n) is 9.31. The second kappa shape index (κ2) is 8.03. The normalized spacial score (nSPS) is 16.8. The molecule has 1 aromatic heterocycles. The van der Waals surface area contributed by atoms with Gasteiger partial charge in [0.05, 0.1) is 6.20 Å². The van der Waals surface area contributed by atoms with Crippen LogP contribution >= 0.6 is 0 Å². The van der Waals surface area contributed by atoms with E-state index in [1.165, 1.54) is 12.8 Å². The Hall–Kier alpha value is -3.15. The zero-order valence-electron chi connectivity index (χ0n) is 15.4. The Labute approximate surface area is 159 Å². The number of rotatable bonds is 5. The van der Waals surface area contributed by atoms with Crippen LogP contribution in [0.4, 0.5) is 17.5 Å². The molecule has 1 aliphatic rings. The molecule has 6 heteroatoms. The molecule has 0 saturated carbocycles. The van der Waals surface area contributed by atoms with Crippen LogP contribution in [-0.4, -0.2) is 28.3 Å². The Morgan fingerprint density at radius 1 is 1.04 bits per heavy atom. The molecule has 6 nitrogen and oxygen atoms in total. The highest BCUT2D eigenvalue weighted by atomic mass is 16.5. The number of ether oxygens (including phenoxy) is 1. The molecule has 0 radical (unpaired) electrons. The van der Waals surface area contributed by atoms with Crippen LogP contribution in [0.1, 0.15) is 19.8 Å².